The van der Waals surface area contributed by atoms with E-state index in [1.54, 1.807) is 6.92 Å². The number of ether oxygens (including phenoxy) is 1. The number of alkyl carbamates (subject to hydrolysis) is 1. The topological polar surface area (TPSA) is 83.9 Å². The number of rotatable bonds is 7. The van der Waals surface area contributed by atoms with Crippen LogP contribution in [0.1, 0.15) is 42.1 Å². The van der Waals surface area contributed by atoms with Crippen molar-refractivity contribution in [3.05, 3.63) is 90.3 Å². The van der Waals surface area contributed by atoms with Crippen LogP contribution in [-0.2, 0) is 16.0 Å². The van der Waals surface area contributed by atoms with Gasteiger partial charge in [0.2, 0.25) is 5.91 Å². The van der Waals surface area contributed by atoms with Crippen LogP contribution in [0.4, 0.5) is 4.79 Å². The van der Waals surface area contributed by atoms with Gasteiger partial charge in [-0.25, -0.2) is 4.79 Å². The SMILES string of the molecule is CCOC(=O)N[C@@H](Cc1ccccc1)C(=O)N1CCC2(CCN(C(=O)c3ccccc3-n3cccc3)CC2)C1. The zero-order valence-corrected chi connectivity index (χ0v) is 22.4. The molecule has 39 heavy (non-hydrogen) atoms. The molecule has 2 aromatic carbocycles. The molecule has 3 aromatic rings. The molecule has 2 fully saturated rings. The van der Waals surface area contributed by atoms with Crippen LogP contribution in [0.2, 0.25) is 0 Å². The first kappa shape index (κ1) is 26.5. The van der Waals surface area contributed by atoms with Crippen LogP contribution < -0.4 is 5.32 Å². The van der Waals surface area contributed by atoms with E-state index in [1.807, 2.05) is 93.5 Å². The number of carbonyl (C=O) groups excluding carboxylic acids is 3. The lowest BCUT2D eigenvalue weighted by Gasteiger charge is -2.39. The maximum Gasteiger partial charge on any atom is 0.407 e. The first-order chi connectivity index (χ1) is 19.0. The minimum Gasteiger partial charge on any atom is -0.450 e. The lowest BCUT2D eigenvalue weighted by Crippen LogP contribution is -2.50. The molecule has 3 heterocycles. The van der Waals surface area contributed by atoms with Crippen LogP contribution in [0, 0.1) is 5.41 Å². The molecule has 2 aliphatic heterocycles. The molecule has 2 saturated heterocycles. The number of likely N-dealkylation sites (tertiary alicyclic amines) is 2. The molecule has 1 N–H and O–H groups in total. The Morgan fingerprint density at radius 2 is 1.51 bits per heavy atom. The molecule has 1 atom stereocenters. The van der Waals surface area contributed by atoms with Gasteiger partial charge in [0.15, 0.2) is 0 Å². The van der Waals surface area contributed by atoms with E-state index in [2.05, 4.69) is 5.32 Å². The van der Waals surface area contributed by atoms with E-state index in [4.69, 9.17) is 4.74 Å². The molecule has 0 saturated carbocycles. The monoisotopic (exact) mass is 528 g/mol. The first-order valence-electron chi connectivity index (χ1n) is 13.8. The zero-order valence-electron chi connectivity index (χ0n) is 22.4. The Labute approximate surface area is 229 Å². The van der Waals surface area contributed by atoms with E-state index in [0.29, 0.717) is 38.2 Å². The molecule has 1 aromatic heterocycles. The van der Waals surface area contributed by atoms with Crippen molar-refractivity contribution in [2.75, 3.05) is 32.8 Å². The van der Waals surface area contributed by atoms with E-state index in [1.165, 1.54) is 0 Å². The molecule has 2 aliphatic rings. The predicted molar refractivity (Wildman–Crippen MR) is 149 cm³/mol. The van der Waals surface area contributed by atoms with Crippen LogP contribution in [-0.4, -0.2) is 71.1 Å². The van der Waals surface area contributed by atoms with Crippen molar-refractivity contribution in [3.8, 4) is 5.69 Å². The van der Waals surface area contributed by atoms with Gasteiger partial charge in [-0.1, -0.05) is 42.5 Å². The highest BCUT2D eigenvalue weighted by Crippen LogP contribution is 2.41. The number of para-hydroxylation sites is 1. The lowest BCUT2D eigenvalue weighted by atomic mass is 9.77. The second kappa shape index (κ2) is 11.8. The number of carbonyl (C=O) groups is 3. The van der Waals surface area contributed by atoms with Gasteiger partial charge in [0.05, 0.1) is 17.9 Å². The summed E-state index contributed by atoms with van der Waals surface area (Å²) in [4.78, 5) is 43.2. The Balaban J connectivity index is 1.23. The fourth-order valence-corrected chi connectivity index (χ4v) is 5.85. The molecule has 1 spiro atoms. The highest BCUT2D eigenvalue weighted by atomic mass is 16.5. The summed E-state index contributed by atoms with van der Waals surface area (Å²) in [6.07, 6.45) is 6.33. The number of hydrogen-bond donors (Lipinski definition) is 1. The van der Waals surface area contributed by atoms with Crippen LogP contribution in [0.3, 0.4) is 0 Å². The summed E-state index contributed by atoms with van der Waals surface area (Å²) in [6, 6.07) is 20.6. The largest absolute Gasteiger partial charge is 0.450 e. The third-order valence-electron chi connectivity index (χ3n) is 8.03. The minimum atomic E-state index is -0.687. The summed E-state index contributed by atoms with van der Waals surface area (Å²) < 4.78 is 7.04. The van der Waals surface area contributed by atoms with Gasteiger partial charge in [0, 0.05) is 45.0 Å². The molecular weight excluding hydrogens is 492 g/mol. The first-order valence-corrected chi connectivity index (χ1v) is 13.8. The number of nitrogens with one attached hydrogen (secondary N) is 1. The van der Waals surface area contributed by atoms with E-state index < -0.39 is 12.1 Å². The van der Waals surface area contributed by atoms with Gasteiger partial charge in [-0.05, 0) is 61.4 Å². The highest BCUT2D eigenvalue weighted by Gasteiger charge is 2.44. The standard InChI is InChI=1S/C31H36N4O4/c1-2-39-30(38)32-26(22-24-10-4-3-5-11-24)29(37)35-21-16-31(23-35)14-19-34(20-15-31)28(36)25-12-6-7-13-27(25)33-17-8-9-18-33/h3-13,17-18,26H,2,14-16,19-23H2,1H3,(H,32,38)/t26-/m0/s1. The van der Waals surface area contributed by atoms with Crippen LogP contribution in [0.25, 0.3) is 5.69 Å². The maximum atomic E-state index is 13.6. The number of nitrogens with zero attached hydrogens (tertiary/aromatic N) is 3. The smallest absolute Gasteiger partial charge is 0.407 e. The number of aromatic nitrogens is 1. The second-order valence-electron chi connectivity index (χ2n) is 10.5. The number of amides is 3. The van der Waals surface area contributed by atoms with E-state index >= 15 is 0 Å². The number of hydrogen-bond acceptors (Lipinski definition) is 4. The molecule has 8 heteroatoms. The molecule has 0 radical (unpaired) electrons. The van der Waals surface area contributed by atoms with Crippen molar-refractivity contribution in [3.63, 3.8) is 0 Å². The van der Waals surface area contributed by atoms with Crippen molar-refractivity contribution in [2.45, 2.75) is 38.6 Å². The van der Waals surface area contributed by atoms with Crippen molar-refractivity contribution >= 4 is 17.9 Å². The van der Waals surface area contributed by atoms with Gasteiger partial charge in [-0.15, -0.1) is 0 Å². The van der Waals surface area contributed by atoms with E-state index in [9.17, 15) is 14.4 Å². The molecule has 0 unspecified atom stereocenters. The van der Waals surface area contributed by atoms with Gasteiger partial charge in [-0.3, -0.25) is 9.59 Å². The Kier molecular flexibility index (Phi) is 8.00. The summed E-state index contributed by atoms with van der Waals surface area (Å²) in [5.41, 5.74) is 2.55. The normalized spacial score (nSPS) is 17.2. The molecule has 3 amide bonds. The van der Waals surface area contributed by atoms with Crippen molar-refractivity contribution < 1.29 is 19.1 Å². The number of piperidine rings is 1. The van der Waals surface area contributed by atoms with Crippen molar-refractivity contribution in [1.82, 2.24) is 19.7 Å². The highest BCUT2D eigenvalue weighted by molar-refractivity contribution is 5.98. The maximum absolute atomic E-state index is 13.6. The third kappa shape index (κ3) is 6.00. The summed E-state index contributed by atoms with van der Waals surface area (Å²) >= 11 is 0. The molecule has 0 bridgehead atoms. The van der Waals surface area contributed by atoms with Crippen molar-refractivity contribution in [1.29, 1.82) is 0 Å². The quantitative estimate of drug-likeness (QED) is 0.496. The second-order valence-corrected chi connectivity index (χ2v) is 10.5. The van der Waals surface area contributed by atoms with Gasteiger partial charge >= 0.3 is 6.09 Å². The molecule has 0 aliphatic carbocycles. The average Bonchev–Trinajstić information content (AvgIpc) is 3.64. The summed E-state index contributed by atoms with van der Waals surface area (Å²) in [7, 11) is 0. The van der Waals surface area contributed by atoms with Gasteiger partial charge < -0.3 is 24.4 Å². The Hall–Kier alpha value is -4.07. The summed E-state index contributed by atoms with van der Waals surface area (Å²) in [5.74, 6) is -0.0374. The third-order valence-corrected chi connectivity index (χ3v) is 8.03. The van der Waals surface area contributed by atoms with Crippen LogP contribution in [0.15, 0.2) is 79.1 Å². The molecule has 204 valence electrons. The van der Waals surface area contributed by atoms with E-state index in [0.717, 1.165) is 30.5 Å². The van der Waals surface area contributed by atoms with E-state index in [-0.39, 0.29) is 23.8 Å². The molecule has 8 nitrogen and oxygen atoms in total. The lowest BCUT2D eigenvalue weighted by molar-refractivity contribution is -0.132. The summed E-state index contributed by atoms with van der Waals surface area (Å²) in [5, 5.41) is 2.78. The molecular formula is C31H36N4O4. The molecule has 5 rings (SSSR count). The minimum absolute atomic E-state index is 0.00634. The Morgan fingerprint density at radius 1 is 0.872 bits per heavy atom. The Morgan fingerprint density at radius 3 is 2.21 bits per heavy atom. The fraction of sp³-hybridized carbons (Fsp3) is 0.387. The summed E-state index contributed by atoms with van der Waals surface area (Å²) in [6.45, 7) is 4.61. The zero-order chi connectivity index (χ0) is 27.2. The van der Waals surface area contributed by atoms with Gasteiger partial charge in [-0.2, -0.15) is 0 Å². The predicted octanol–water partition coefficient (Wildman–Crippen LogP) is 4.29. The van der Waals surface area contributed by atoms with Crippen LogP contribution >= 0.6 is 0 Å². The average molecular weight is 529 g/mol. The van der Waals surface area contributed by atoms with Gasteiger partial charge in [0.25, 0.3) is 5.91 Å². The van der Waals surface area contributed by atoms with Crippen LogP contribution in [0.5, 0.6) is 0 Å². The fourth-order valence-electron chi connectivity index (χ4n) is 5.85. The Bertz CT molecular complexity index is 1280. The number of benzene rings is 2. The van der Waals surface area contributed by atoms with Crippen molar-refractivity contribution in [2.24, 2.45) is 5.41 Å². The van der Waals surface area contributed by atoms with Gasteiger partial charge in [0.1, 0.15) is 6.04 Å².